The predicted octanol–water partition coefficient (Wildman–Crippen LogP) is 2.89. The molecule has 0 saturated heterocycles. The minimum absolute atomic E-state index is 0.0538. The molecule has 0 atom stereocenters. The lowest BCUT2D eigenvalue weighted by atomic mass is 10.1. The van der Waals surface area contributed by atoms with Crippen molar-refractivity contribution in [2.24, 2.45) is 0 Å². The second-order valence-corrected chi connectivity index (χ2v) is 6.71. The number of carbonyl (C=O) groups excluding carboxylic acids is 2. The summed E-state index contributed by atoms with van der Waals surface area (Å²) in [5.74, 6) is -0.420. The third kappa shape index (κ3) is 4.49. The van der Waals surface area contributed by atoms with E-state index >= 15 is 0 Å². The molecular formula is C19H16N4O2S. The third-order valence-corrected chi connectivity index (χ3v) is 4.64. The predicted molar refractivity (Wildman–Crippen MR) is 99.4 cm³/mol. The Kier molecular flexibility index (Phi) is 5.66. The Labute approximate surface area is 154 Å². The highest BCUT2D eigenvalue weighted by Gasteiger charge is 2.12. The number of amides is 1. The van der Waals surface area contributed by atoms with Crippen LogP contribution in [0.1, 0.15) is 17.8 Å². The first-order chi connectivity index (χ1) is 12.7. The second-order valence-electron chi connectivity index (χ2n) is 5.64. The van der Waals surface area contributed by atoms with E-state index in [4.69, 9.17) is 5.26 Å². The maximum absolute atomic E-state index is 12.0. The summed E-state index contributed by atoms with van der Waals surface area (Å²) in [4.78, 5) is 33.3. The van der Waals surface area contributed by atoms with Crippen molar-refractivity contribution in [1.29, 1.82) is 5.26 Å². The molecule has 0 unspecified atom stereocenters. The number of hydrogen-bond acceptors (Lipinski definition) is 6. The molecule has 130 valence electrons. The first kappa shape index (κ1) is 17.7. The highest BCUT2D eigenvalue weighted by atomic mass is 32.1. The summed E-state index contributed by atoms with van der Waals surface area (Å²) in [5, 5.41) is 11.7. The number of benzene rings is 1. The minimum atomic E-state index is -0.266. The number of carbonyl (C=O) groups is 2. The van der Waals surface area contributed by atoms with Gasteiger partial charge in [0.25, 0.3) is 0 Å². The molecule has 0 spiro atoms. The lowest BCUT2D eigenvalue weighted by molar-refractivity contribution is -0.124. The summed E-state index contributed by atoms with van der Waals surface area (Å²) in [6, 6.07) is 15.6. The lowest BCUT2D eigenvalue weighted by Crippen LogP contribution is -2.30. The molecule has 1 aromatic carbocycles. The van der Waals surface area contributed by atoms with Gasteiger partial charge in [-0.25, -0.2) is 9.97 Å². The van der Waals surface area contributed by atoms with Crippen LogP contribution in [0.2, 0.25) is 0 Å². The van der Waals surface area contributed by atoms with Gasteiger partial charge in [-0.05, 0) is 12.1 Å². The number of pyridine rings is 1. The summed E-state index contributed by atoms with van der Waals surface area (Å²) in [6.45, 7) is -0.0538. The fourth-order valence-electron chi connectivity index (χ4n) is 2.39. The summed E-state index contributed by atoms with van der Waals surface area (Å²) >= 11 is 1.37. The van der Waals surface area contributed by atoms with Crippen LogP contribution in [0.15, 0.2) is 42.5 Å². The Bertz CT molecular complexity index is 976. The van der Waals surface area contributed by atoms with Crippen molar-refractivity contribution in [2.75, 3.05) is 6.54 Å². The molecule has 0 radical (unpaired) electrons. The molecule has 7 heteroatoms. The van der Waals surface area contributed by atoms with Gasteiger partial charge < -0.3 is 5.32 Å². The fraction of sp³-hybridized carbons (Fsp3) is 0.211. The molecule has 1 amide bonds. The van der Waals surface area contributed by atoms with Crippen LogP contribution < -0.4 is 5.32 Å². The molecule has 1 N–H and O–H groups in total. The number of nitriles is 1. The number of thiazole rings is 1. The van der Waals surface area contributed by atoms with Crippen molar-refractivity contribution < 1.29 is 9.59 Å². The Morgan fingerprint density at radius 1 is 1.12 bits per heavy atom. The highest BCUT2D eigenvalue weighted by Crippen LogP contribution is 2.25. The van der Waals surface area contributed by atoms with Crippen molar-refractivity contribution in [3.8, 4) is 17.3 Å². The van der Waals surface area contributed by atoms with Gasteiger partial charge in [0.1, 0.15) is 15.4 Å². The van der Waals surface area contributed by atoms with E-state index < -0.39 is 0 Å². The number of Topliss-reactive ketones (excluding diaryl/α,β-unsaturated/α-hetero) is 1. The molecule has 0 aliphatic heterocycles. The second kappa shape index (κ2) is 8.32. The Morgan fingerprint density at radius 3 is 2.69 bits per heavy atom. The quantitative estimate of drug-likeness (QED) is 0.695. The number of hydrogen-bond donors (Lipinski definition) is 1. The molecule has 6 nitrogen and oxygen atoms in total. The van der Waals surface area contributed by atoms with Gasteiger partial charge in [-0.2, -0.15) is 5.26 Å². The molecule has 0 fully saturated rings. The van der Waals surface area contributed by atoms with Gasteiger partial charge >= 0.3 is 0 Å². The molecule has 0 aliphatic carbocycles. The summed E-state index contributed by atoms with van der Waals surface area (Å²) in [5.41, 5.74) is 2.64. The number of aromatic nitrogens is 2. The average molecular weight is 364 g/mol. The van der Waals surface area contributed by atoms with E-state index in [0.29, 0.717) is 5.01 Å². The van der Waals surface area contributed by atoms with Crippen molar-refractivity contribution in [3.05, 3.63) is 47.5 Å². The van der Waals surface area contributed by atoms with Gasteiger partial charge in [0.15, 0.2) is 5.78 Å². The molecule has 0 bridgehead atoms. The van der Waals surface area contributed by atoms with Gasteiger partial charge in [0.2, 0.25) is 5.91 Å². The van der Waals surface area contributed by atoms with E-state index in [1.807, 2.05) is 48.5 Å². The van der Waals surface area contributed by atoms with Crippen LogP contribution in [0.3, 0.4) is 0 Å². The molecule has 3 rings (SSSR count). The summed E-state index contributed by atoms with van der Waals surface area (Å²) < 4.78 is 0. The number of nitrogens with zero attached hydrogens (tertiary/aromatic N) is 3. The van der Waals surface area contributed by atoms with Crippen LogP contribution in [-0.2, 0) is 16.0 Å². The fourth-order valence-corrected chi connectivity index (χ4v) is 3.32. The normalized spacial score (nSPS) is 10.4. The molecule has 2 aromatic heterocycles. The largest absolute Gasteiger partial charge is 0.349 e. The highest BCUT2D eigenvalue weighted by molar-refractivity contribution is 7.18. The van der Waals surface area contributed by atoms with Crippen LogP contribution in [0.5, 0.6) is 0 Å². The number of fused-ring (bicyclic) bond motifs is 1. The van der Waals surface area contributed by atoms with E-state index in [9.17, 15) is 9.59 Å². The van der Waals surface area contributed by atoms with Crippen LogP contribution >= 0.6 is 11.3 Å². The third-order valence-electron chi connectivity index (χ3n) is 3.68. The standard InChI is InChI=1S/C19H16N4O2S/c20-10-4-7-14(24)12-21-17(25)11-18-22-16-9-8-15(23-19(16)26-18)13-5-2-1-3-6-13/h1-3,5-6,8-9H,4,7,11-12H2,(H,21,25). The summed E-state index contributed by atoms with van der Waals surface area (Å²) in [7, 11) is 0. The Hall–Kier alpha value is -3.11. The molecular weight excluding hydrogens is 348 g/mol. The van der Waals surface area contributed by atoms with Crippen LogP contribution in [0.25, 0.3) is 21.6 Å². The first-order valence-corrected chi connectivity index (χ1v) is 8.94. The van der Waals surface area contributed by atoms with Crippen molar-refractivity contribution in [2.45, 2.75) is 19.3 Å². The van der Waals surface area contributed by atoms with Gasteiger partial charge in [-0.1, -0.05) is 41.7 Å². The number of nitrogens with one attached hydrogen (secondary N) is 1. The van der Waals surface area contributed by atoms with Gasteiger partial charge in [-0.15, -0.1) is 0 Å². The first-order valence-electron chi connectivity index (χ1n) is 8.13. The van der Waals surface area contributed by atoms with Gasteiger partial charge in [0, 0.05) is 18.4 Å². The Morgan fingerprint density at radius 2 is 1.92 bits per heavy atom. The van der Waals surface area contributed by atoms with E-state index in [0.717, 1.165) is 21.6 Å². The maximum Gasteiger partial charge on any atom is 0.227 e. The SMILES string of the molecule is N#CCCC(=O)CNC(=O)Cc1nc2ccc(-c3ccccc3)nc2s1. The lowest BCUT2D eigenvalue weighted by Gasteiger charge is -2.01. The number of rotatable bonds is 7. The molecule has 26 heavy (non-hydrogen) atoms. The smallest absolute Gasteiger partial charge is 0.227 e. The van der Waals surface area contributed by atoms with Gasteiger partial charge in [0.05, 0.1) is 24.7 Å². The van der Waals surface area contributed by atoms with E-state index in [2.05, 4.69) is 15.3 Å². The average Bonchev–Trinajstić information content (AvgIpc) is 3.06. The van der Waals surface area contributed by atoms with Gasteiger partial charge in [-0.3, -0.25) is 9.59 Å². The minimum Gasteiger partial charge on any atom is -0.349 e. The van der Waals surface area contributed by atoms with Crippen molar-refractivity contribution >= 4 is 33.4 Å². The van der Waals surface area contributed by atoms with E-state index in [1.165, 1.54) is 11.3 Å². The molecule has 2 heterocycles. The van der Waals surface area contributed by atoms with Crippen molar-refractivity contribution in [1.82, 2.24) is 15.3 Å². The molecule has 0 aliphatic rings. The topological polar surface area (TPSA) is 95.7 Å². The Balaban J connectivity index is 1.65. The monoisotopic (exact) mass is 364 g/mol. The zero-order chi connectivity index (χ0) is 18.4. The molecule has 3 aromatic rings. The zero-order valence-corrected chi connectivity index (χ0v) is 14.8. The van der Waals surface area contributed by atoms with Crippen LogP contribution in [-0.4, -0.2) is 28.2 Å². The van der Waals surface area contributed by atoms with E-state index in [-0.39, 0.29) is 37.5 Å². The van der Waals surface area contributed by atoms with Crippen LogP contribution in [0.4, 0.5) is 0 Å². The maximum atomic E-state index is 12.0. The molecule has 0 saturated carbocycles. The zero-order valence-electron chi connectivity index (χ0n) is 13.9. The van der Waals surface area contributed by atoms with Crippen LogP contribution in [0, 0.1) is 11.3 Å². The van der Waals surface area contributed by atoms with E-state index in [1.54, 1.807) is 0 Å². The summed E-state index contributed by atoms with van der Waals surface area (Å²) in [6.07, 6.45) is 0.430. The number of ketones is 1. The van der Waals surface area contributed by atoms with Crippen molar-refractivity contribution in [3.63, 3.8) is 0 Å².